The largest absolute Gasteiger partial charge is 0.490 e. The lowest BCUT2D eigenvalue weighted by atomic mass is 9.94. The zero-order chi connectivity index (χ0) is 12.4. The van der Waals surface area contributed by atoms with Crippen LogP contribution in [0.2, 0.25) is 0 Å². The maximum atomic E-state index is 10.5. The van der Waals surface area contributed by atoms with Crippen molar-refractivity contribution in [2.24, 2.45) is 0 Å². The molecule has 0 aliphatic carbocycles. The predicted molar refractivity (Wildman–Crippen MR) is 65.5 cm³/mol. The SMILES string of the molecule is CC1Cc2cc(C(C)CCC(=O)O)ccc2O1. The molecule has 1 heterocycles. The third kappa shape index (κ3) is 2.78. The van der Waals surface area contributed by atoms with E-state index < -0.39 is 5.97 Å². The van der Waals surface area contributed by atoms with Crippen LogP contribution in [0, 0.1) is 0 Å². The van der Waals surface area contributed by atoms with Gasteiger partial charge < -0.3 is 9.84 Å². The fourth-order valence-corrected chi connectivity index (χ4v) is 2.26. The standard InChI is InChI=1S/C14H18O3/c1-9(3-6-14(15)16)11-4-5-13-12(8-11)7-10(2)17-13/h4-5,8-10H,3,6-7H2,1-2H3,(H,15,16). The van der Waals surface area contributed by atoms with Crippen LogP contribution in [0.15, 0.2) is 18.2 Å². The summed E-state index contributed by atoms with van der Waals surface area (Å²) < 4.78 is 5.65. The quantitative estimate of drug-likeness (QED) is 0.871. The number of hydrogen-bond donors (Lipinski definition) is 1. The Morgan fingerprint density at radius 1 is 1.59 bits per heavy atom. The van der Waals surface area contributed by atoms with E-state index in [1.807, 2.05) is 12.1 Å². The number of carbonyl (C=O) groups is 1. The minimum atomic E-state index is -0.727. The molecule has 1 aliphatic heterocycles. The summed E-state index contributed by atoms with van der Waals surface area (Å²) in [5.74, 6) is 0.536. The summed E-state index contributed by atoms with van der Waals surface area (Å²) in [7, 11) is 0. The molecule has 2 rings (SSSR count). The van der Waals surface area contributed by atoms with E-state index in [9.17, 15) is 4.79 Å². The predicted octanol–water partition coefficient (Wildman–Crippen LogP) is 2.98. The number of fused-ring (bicyclic) bond motifs is 1. The molecule has 1 aromatic rings. The fraction of sp³-hybridized carbons (Fsp3) is 0.500. The van der Waals surface area contributed by atoms with Gasteiger partial charge in [0.15, 0.2) is 0 Å². The first-order valence-corrected chi connectivity index (χ1v) is 6.07. The third-order valence-corrected chi connectivity index (χ3v) is 3.28. The zero-order valence-electron chi connectivity index (χ0n) is 10.3. The molecule has 1 aromatic carbocycles. The van der Waals surface area contributed by atoms with Crippen LogP contribution in [0.3, 0.4) is 0 Å². The molecule has 0 spiro atoms. The van der Waals surface area contributed by atoms with Gasteiger partial charge in [0.1, 0.15) is 11.9 Å². The van der Waals surface area contributed by atoms with Crippen LogP contribution in [0.1, 0.15) is 43.7 Å². The number of aliphatic carboxylic acids is 1. The second-order valence-corrected chi connectivity index (χ2v) is 4.83. The van der Waals surface area contributed by atoms with Crippen molar-refractivity contribution in [2.45, 2.75) is 45.1 Å². The Labute approximate surface area is 101 Å². The molecular formula is C14H18O3. The van der Waals surface area contributed by atoms with Crippen molar-refractivity contribution in [1.29, 1.82) is 0 Å². The van der Waals surface area contributed by atoms with Crippen LogP contribution in [0.5, 0.6) is 5.75 Å². The van der Waals surface area contributed by atoms with Crippen LogP contribution >= 0.6 is 0 Å². The van der Waals surface area contributed by atoms with Crippen molar-refractivity contribution >= 4 is 5.97 Å². The highest BCUT2D eigenvalue weighted by molar-refractivity contribution is 5.66. The highest BCUT2D eigenvalue weighted by Crippen LogP contribution is 2.32. The Bertz CT molecular complexity index is 425. The van der Waals surface area contributed by atoms with Crippen molar-refractivity contribution in [2.75, 3.05) is 0 Å². The van der Waals surface area contributed by atoms with Gasteiger partial charge in [-0.2, -0.15) is 0 Å². The monoisotopic (exact) mass is 234 g/mol. The van der Waals surface area contributed by atoms with E-state index in [0.717, 1.165) is 12.2 Å². The topological polar surface area (TPSA) is 46.5 Å². The molecule has 2 unspecified atom stereocenters. The van der Waals surface area contributed by atoms with E-state index in [0.29, 0.717) is 6.42 Å². The van der Waals surface area contributed by atoms with Crippen LogP contribution in [0.25, 0.3) is 0 Å². The minimum Gasteiger partial charge on any atom is -0.490 e. The van der Waals surface area contributed by atoms with Crippen LogP contribution in [-0.2, 0) is 11.2 Å². The highest BCUT2D eigenvalue weighted by Gasteiger charge is 2.20. The molecule has 0 saturated heterocycles. The molecule has 1 N–H and O–H groups in total. The molecule has 3 nitrogen and oxygen atoms in total. The second kappa shape index (κ2) is 4.78. The van der Waals surface area contributed by atoms with Crippen molar-refractivity contribution in [3.8, 4) is 5.75 Å². The summed E-state index contributed by atoms with van der Waals surface area (Å²) in [5, 5.41) is 8.68. The summed E-state index contributed by atoms with van der Waals surface area (Å²) in [6.45, 7) is 4.14. The zero-order valence-corrected chi connectivity index (χ0v) is 10.3. The van der Waals surface area contributed by atoms with Gasteiger partial charge in [0.25, 0.3) is 0 Å². The molecule has 0 fully saturated rings. The second-order valence-electron chi connectivity index (χ2n) is 4.83. The summed E-state index contributed by atoms with van der Waals surface area (Å²) in [4.78, 5) is 10.5. The van der Waals surface area contributed by atoms with Crippen molar-refractivity contribution < 1.29 is 14.6 Å². The highest BCUT2D eigenvalue weighted by atomic mass is 16.5. The maximum Gasteiger partial charge on any atom is 0.303 e. The Morgan fingerprint density at radius 2 is 2.35 bits per heavy atom. The molecule has 1 aliphatic rings. The summed E-state index contributed by atoms with van der Waals surface area (Å²) in [6, 6.07) is 6.21. The number of carboxylic acid groups (broad SMARTS) is 1. The van der Waals surface area contributed by atoms with E-state index in [1.165, 1.54) is 11.1 Å². The molecule has 0 amide bonds. The minimum absolute atomic E-state index is 0.227. The van der Waals surface area contributed by atoms with Gasteiger partial charge in [0.05, 0.1) is 0 Å². The molecule has 0 radical (unpaired) electrons. The first kappa shape index (κ1) is 12.0. The van der Waals surface area contributed by atoms with Crippen LogP contribution in [0.4, 0.5) is 0 Å². The van der Waals surface area contributed by atoms with Crippen molar-refractivity contribution in [1.82, 2.24) is 0 Å². The fourth-order valence-electron chi connectivity index (χ4n) is 2.26. The number of benzene rings is 1. The molecule has 2 atom stereocenters. The first-order valence-electron chi connectivity index (χ1n) is 6.07. The summed E-state index contributed by atoms with van der Waals surface area (Å²) >= 11 is 0. The average Bonchev–Trinajstić information content (AvgIpc) is 2.64. The van der Waals surface area contributed by atoms with Crippen LogP contribution in [-0.4, -0.2) is 17.2 Å². The molecule has 0 bridgehead atoms. The number of ether oxygens (including phenoxy) is 1. The number of hydrogen-bond acceptors (Lipinski definition) is 2. The lowest BCUT2D eigenvalue weighted by Crippen LogP contribution is -2.05. The Kier molecular flexibility index (Phi) is 3.36. The average molecular weight is 234 g/mol. The lowest BCUT2D eigenvalue weighted by Gasteiger charge is -2.11. The molecular weight excluding hydrogens is 216 g/mol. The maximum absolute atomic E-state index is 10.5. The van der Waals surface area contributed by atoms with Gasteiger partial charge in [-0.25, -0.2) is 0 Å². The van der Waals surface area contributed by atoms with E-state index in [4.69, 9.17) is 9.84 Å². The van der Waals surface area contributed by atoms with Gasteiger partial charge in [0, 0.05) is 12.8 Å². The van der Waals surface area contributed by atoms with Gasteiger partial charge >= 0.3 is 5.97 Å². The van der Waals surface area contributed by atoms with E-state index in [2.05, 4.69) is 19.9 Å². The number of rotatable bonds is 4. The number of carboxylic acids is 1. The van der Waals surface area contributed by atoms with E-state index in [-0.39, 0.29) is 18.4 Å². The van der Waals surface area contributed by atoms with E-state index >= 15 is 0 Å². The lowest BCUT2D eigenvalue weighted by molar-refractivity contribution is -0.137. The van der Waals surface area contributed by atoms with E-state index in [1.54, 1.807) is 0 Å². The van der Waals surface area contributed by atoms with Gasteiger partial charge in [0.2, 0.25) is 0 Å². The molecule has 17 heavy (non-hydrogen) atoms. The Balaban J connectivity index is 2.07. The van der Waals surface area contributed by atoms with Gasteiger partial charge in [-0.3, -0.25) is 4.79 Å². The molecule has 0 aromatic heterocycles. The smallest absolute Gasteiger partial charge is 0.303 e. The van der Waals surface area contributed by atoms with Gasteiger partial charge in [-0.15, -0.1) is 0 Å². The molecule has 92 valence electrons. The Hall–Kier alpha value is -1.51. The van der Waals surface area contributed by atoms with Gasteiger partial charge in [-0.05, 0) is 36.5 Å². The Morgan fingerprint density at radius 3 is 3.06 bits per heavy atom. The first-order chi connectivity index (χ1) is 8.06. The van der Waals surface area contributed by atoms with Crippen LogP contribution < -0.4 is 4.74 Å². The summed E-state index contributed by atoms with van der Waals surface area (Å²) in [5.41, 5.74) is 2.46. The summed E-state index contributed by atoms with van der Waals surface area (Å²) in [6.07, 6.45) is 2.12. The van der Waals surface area contributed by atoms with Crippen molar-refractivity contribution in [3.63, 3.8) is 0 Å². The molecule has 3 heteroatoms. The molecule has 0 saturated carbocycles. The van der Waals surface area contributed by atoms with Crippen molar-refractivity contribution in [3.05, 3.63) is 29.3 Å². The normalized spacial score (nSPS) is 19.5. The third-order valence-electron chi connectivity index (χ3n) is 3.28. The van der Waals surface area contributed by atoms with Gasteiger partial charge in [-0.1, -0.05) is 19.1 Å².